The van der Waals surface area contributed by atoms with E-state index in [2.05, 4.69) is 11.4 Å². The molecule has 0 bridgehead atoms. The Labute approximate surface area is 181 Å². The number of nitrogens with zero attached hydrogens (tertiary/aromatic N) is 2. The zero-order valence-corrected chi connectivity index (χ0v) is 17.3. The maximum Gasteiger partial charge on any atom is 0.324 e. The molecule has 0 saturated carbocycles. The molecule has 158 valence electrons. The topological polar surface area (TPSA) is 52.6 Å². The van der Waals surface area contributed by atoms with Crippen molar-refractivity contribution >= 4 is 23.3 Å². The van der Waals surface area contributed by atoms with Crippen LogP contribution >= 0.6 is 0 Å². The molecule has 0 aliphatic carbocycles. The number of nitrogens with one attached hydrogen (secondary N) is 1. The first kappa shape index (κ1) is 20.6. The first-order chi connectivity index (χ1) is 15.0. The molecule has 0 unspecified atom stereocenters. The lowest BCUT2D eigenvalue weighted by atomic mass is 10.1. The normalized spacial score (nSPS) is 13.9. The molecule has 1 aliphatic heterocycles. The van der Waals surface area contributed by atoms with Gasteiger partial charge in [0.25, 0.3) is 5.91 Å². The van der Waals surface area contributed by atoms with Crippen LogP contribution in [0.1, 0.15) is 27.9 Å². The molecule has 4 rings (SSSR count). The fourth-order valence-electron chi connectivity index (χ4n) is 3.73. The summed E-state index contributed by atoms with van der Waals surface area (Å²) in [6.45, 7) is 4.02. The van der Waals surface area contributed by atoms with Gasteiger partial charge in [-0.2, -0.15) is 0 Å². The summed E-state index contributed by atoms with van der Waals surface area (Å²) in [6, 6.07) is 20.8. The Morgan fingerprint density at radius 1 is 1.00 bits per heavy atom. The summed E-state index contributed by atoms with van der Waals surface area (Å²) in [5, 5.41) is 2.79. The summed E-state index contributed by atoms with van der Waals surface area (Å²) in [5.41, 5.74) is 4.08. The number of hydrogen-bond acceptors (Lipinski definition) is 2. The van der Waals surface area contributed by atoms with Crippen LogP contribution in [0.2, 0.25) is 0 Å². The minimum Gasteiger partial charge on any atom is -0.322 e. The third kappa shape index (κ3) is 4.91. The van der Waals surface area contributed by atoms with E-state index in [-0.39, 0.29) is 17.8 Å². The highest BCUT2D eigenvalue weighted by Crippen LogP contribution is 2.24. The van der Waals surface area contributed by atoms with Crippen LogP contribution in [-0.2, 0) is 6.54 Å². The summed E-state index contributed by atoms with van der Waals surface area (Å²) in [4.78, 5) is 29.0. The average Bonchev–Trinajstić information content (AvgIpc) is 2.76. The third-order valence-electron chi connectivity index (χ3n) is 5.31. The van der Waals surface area contributed by atoms with Crippen LogP contribution < -0.4 is 10.2 Å². The zero-order valence-electron chi connectivity index (χ0n) is 17.3. The Morgan fingerprint density at radius 2 is 1.74 bits per heavy atom. The molecule has 1 heterocycles. The Balaban J connectivity index is 1.42. The number of amides is 3. The Morgan fingerprint density at radius 3 is 2.45 bits per heavy atom. The van der Waals surface area contributed by atoms with Gasteiger partial charge >= 0.3 is 6.03 Å². The molecule has 3 aromatic rings. The Kier molecular flexibility index (Phi) is 5.98. The smallest absolute Gasteiger partial charge is 0.322 e. The highest BCUT2D eigenvalue weighted by molar-refractivity contribution is 6.04. The van der Waals surface area contributed by atoms with E-state index in [1.165, 1.54) is 29.8 Å². The molecule has 1 N–H and O–H groups in total. The second kappa shape index (κ2) is 9.00. The molecule has 0 spiro atoms. The summed E-state index contributed by atoms with van der Waals surface area (Å²) in [5.74, 6) is -0.699. The van der Waals surface area contributed by atoms with Crippen molar-refractivity contribution in [1.29, 1.82) is 0 Å². The Hall–Kier alpha value is -3.67. The molecule has 0 atom stereocenters. The highest BCUT2D eigenvalue weighted by Gasteiger charge is 2.26. The summed E-state index contributed by atoms with van der Waals surface area (Å²) in [7, 11) is 0. The lowest BCUT2D eigenvalue weighted by Crippen LogP contribution is -2.49. The molecule has 1 fully saturated rings. The van der Waals surface area contributed by atoms with E-state index in [1.54, 1.807) is 17.0 Å². The van der Waals surface area contributed by atoms with Gasteiger partial charge in [-0.05, 0) is 67.4 Å². The number of carbonyl (C=O) groups excluding carboxylic acids is 2. The number of carbonyl (C=O) groups is 2. The summed E-state index contributed by atoms with van der Waals surface area (Å²) in [6.07, 6.45) is 0.889. The van der Waals surface area contributed by atoms with Crippen molar-refractivity contribution in [2.45, 2.75) is 19.9 Å². The van der Waals surface area contributed by atoms with E-state index in [4.69, 9.17) is 0 Å². The van der Waals surface area contributed by atoms with E-state index in [1.807, 2.05) is 42.2 Å². The minimum absolute atomic E-state index is 0.0177. The molecule has 3 aromatic carbocycles. The quantitative estimate of drug-likeness (QED) is 0.619. The van der Waals surface area contributed by atoms with E-state index in [0.29, 0.717) is 24.3 Å². The van der Waals surface area contributed by atoms with Crippen LogP contribution in [0, 0.1) is 12.7 Å². The number of anilines is 2. The van der Waals surface area contributed by atoms with Crippen molar-refractivity contribution in [1.82, 2.24) is 4.90 Å². The van der Waals surface area contributed by atoms with E-state index < -0.39 is 0 Å². The summed E-state index contributed by atoms with van der Waals surface area (Å²) >= 11 is 0. The second-order valence-electron chi connectivity index (χ2n) is 7.71. The highest BCUT2D eigenvalue weighted by atomic mass is 19.1. The van der Waals surface area contributed by atoms with Gasteiger partial charge in [0, 0.05) is 36.6 Å². The molecule has 1 saturated heterocycles. The van der Waals surface area contributed by atoms with E-state index in [0.717, 1.165) is 24.2 Å². The summed E-state index contributed by atoms with van der Waals surface area (Å²) < 4.78 is 13.0. The van der Waals surface area contributed by atoms with Crippen LogP contribution in [-0.4, -0.2) is 29.9 Å². The van der Waals surface area contributed by atoms with Gasteiger partial charge in [0.05, 0.1) is 0 Å². The molecule has 0 aromatic heterocycles. The fourth-order valence-corrected chi connectivity index (χ4v) is 3.73. The van der Waals surface area contributed by atoms with Crippen LogP contribution in [0.25, 0.3) is 0 Å². The average molecular weight is 417 g/mol. The minimum atomic E-state index is -0.386. The van der Waals surface area contributed by atoms with Gasteiger partial charge in [-0.1, -0.05) is 29.8 Å². The van der Waals surface area contributed by atoms with Crippen LogP contribution in [0.3, 0.4) is 0 Å². The van der Waals surface area contributed by atoms with Crippen molar-refractivity contribution < 1.29 is 14.0 Å². The number of halogens is 1. The first-order valence-electron chi connectivity index (χ1n) is 10.3. The van der Waals surface area contributed by atoms with Crippen LogP contribution in [0.15, 0.2) is 72.8 Å². The second-order valence-corrected chi connectivity index (χ2v) is 7.71. The van der Waals surface area contributed by atoms with Gasteiger partial charge in [0.1, 0.15) is 5.82 Å². The molecule has 5 nitrogen and oxygen atoms in total. The molecule has 3 amide bonds. The molecular weight excluding hydrogens is 393 g/mol. The van der Waals surface area contributed by atoms with Gasteiger partial charge in [0.15, 0.2) is 0 Å². The lowest BCUT2D eigenvalue weighted by molar-refractivity contribution is 0.102. The lowest BCUT2D eigenvalue weighted by Gasteiger charge is -2.35. The van der Waals surface area contributed by atoms with Crippen molar-refractivity contribution in [2.75, 3.05) is 23.3 Å². The standard InChI is InChI=1S/C25H24FN3O2/c1-18-4-2-5-19(16-18)17-28-14-3-15-29(25(28)31)23-12-10-22(11-13-23)27-24(30)20-6-8-21(26)9-7-20/h2,4-13,16H,3,14-15,17H2,1H3,(H,27,30). The molecule has 1 aliphatic rings. The van der Waals surface area contributed by atoms with Crippen molar-refractivity contribution in [2.24, 2.45) is 0 Å². The van der Waals surface area contributed by atoms with Gasteiger partial charge in [-0.3, -0.25) is 9.69 Å². The van der Waals surface area contributed by atoms with Gasteiger partial charge in [0.2, 0.25) is 0 Å². The number of hydrogen-bond donors (Lipinski definition) is 1. The molecule has 6 heteroatoms. The van der Waals surface area contributed by atoms with Gasteiger partial charge in [-0.25, -0.2) is 9.18 Å². The van der Waals surface area contributed by atoms with Gasteiger partial charge in [-0.15, -0.1) is 0 Å². The van der Waals surface area contributed by atoms with Crippen LogP contribution in [0.4, 0.5) is 20.6 Å². The van der Waals surface area contributed by atoms with Crippen LogP contribution in [0.5, 0.6) is 0 Å². The number of urea groups is 1. The van der Waals surface area contributed by atoms with Crippen molar-refractivity contribution in [3.63, 3.8) is 0 Å². The monoisotopic (exact) mass is 417 g/mol. The van der Waals surface area contributed by atoms with Crippen molar-refractivity contribution in [3.05, 3.63) is 95.3 Å². The Bertz CT molecular complexity index is 1080. The number of rotatable bonds is 5. The van der Waals surface area contributed by atoms with Crippen molar-refractivity contribution in [3.8, 4) is 0 Å². The fraction of sp³-hybridized carbons (Fsp3) is 0.200. The third-order valence-corrected chi connectivity index (χ3v) is 5.31. The molecule has 31 heavy (non-hydrogen) atoms. The molecular formula is C25H24FN3O2. The first-order valence-corrected chi connectivity index (χ1v) is 10.3. The predicted octanol–water partition coefficient (Wildman–Crippen LogP) is 5.22. The predicted molar refractivity (Wildman–Crippen MR) is 120 cm³/mol. The van der Waals surface area contributed by atoms with E-state index in [9.17, 15) is 14.0 Å². The number of aryl methyl sites for hydroxylation is 1. The molecule has 0 radical (unpaired) electrons. The van der Waals surface area contributed by atoms with Gasteiger partial charge < -0.3 is 10.2 Å². The maximum absolute atomic E-state index is 13.0. The van der Waals surface area contributed by atoms with E-state index >= 15 is 0 Å². The zero-order chi connectivity index (χ0) is 21.8. The number of benzene rings is 3. The maximum atomic E-state index is 13.0. The largest absolute Gasteiger partial charge is 0.324 e. The SMILES string of the molecule is Cc1cccc(CN2CCCN(c3ccc(NC(=O)c4ccc(F)cc4)cc3)C2=O)c1.